The van der Waals surface area contributed by atoms with E-state index in [9.17, 15) is 4.79 Å². The molecule has 0 radical (unpaired) electrons. The molecule has 80 valence electrons. The maximum absolute atomic E-state index is 11.3. The Labute approximate surface area is 86.1 Å². The van der Waals surface area contributed by atoms with Gasteiger partial charge in [0.05, 0.1) is 0 Å². The van der Waals surface area contributed by atoms with Crippen molar-refractivity contribution in [1.29, 1.82) is 0 Å². The van der Waals surface area contributed by atoms with Crippen LogP contribution in [0.5, 0.6) is 0 Å². The summed E-state index contributed by atoms with van der Waals surface area (Å²) in [5, 5.41) is 0. The number of nitrogens with zero attached hydrogens (tertiary/aromatic N) is 2. The molecule has 0 spiro atoms. The fourth-order valence-corrected chi connectivity index (χ4v) is 2.65. The molecule has 1 amide bonds. The molecule has 2 saturated heterocycles. The predicted molar refractivity (Wildman–Crippen MR) is 56.1 cm³/mol. The lowest BCUT2D eigenvalue weighted by atomic mass is 10.0. The van der Waals surface area contributed by atoms with Gasteiger partial charge in [-0.3, -0.25) is 9.69 Å². The second kappa shape index (κ2) is 4.30. The molecular weight excluding hydrogens is 176 g/mol. The first-order valence-electron chi connectivity index (χ1n) is 5.77. The van der Waals surface area contributed by atoms with Gasteiger partial charge in [-0.2, -0.15) is 0 Å². The molecule has 1 unspecified atom stereocenters. The maximum atomic E-state index is 11.3. The molecule has 3 heteroatoms. The fraction of sp³-hybridized carbons (Fsp3) is 0.909. The van der Waals surface area contributed by atoms with Crippen LogP contribution in [-0.4, -0.2) is 47.9 Å². The van der Waals surface area contributed by atoms with Gasteiger partial charge in [0.2, 0.25) is 5.91 Å². The van der Waals surface area contributed by atoms with E-state index in [0.29, 0.717) is 6.04 Å². The quantitative estimate of drug-likeness (QED) is 0.627. The average molecular weight is 196 g/mol. The van der Waals surface area contributed by atoms with Crippen molar-refractivity contribution in [3.63, 3.8) is 0 Å². The molecule has 2 aliphatic heterocycles. The first kappa shape index (κ1) is 9.97. The molecule has 3 nitrogen and oxygen atoms in total. The van der Waals surface area contributed by atoms with E-state index < -0.39 is 0 Å². The summed E-state index contributed by atoms with van der Waals surface area (Å²) in [7, 11) is 0. The zero-order chi connectivity index (χ0) is 9.97. The third-order valence-corrected chi connectivity index (χ3v) is 3.50. The number of hydrogen-bond donors (Lipinski definition) is 0. The van der Waals surface area contributed by atoms with Crippen LogP contribution in [0.2, 0.25) is 0 Å². The Morgan fingerprint density at radius 2 is 1.86 bits per heavy atom. The van der Waals surface area contributed by atoms with Gasteiger partial charge in [-0.05, 0) is 38.8 Å². The lowest BCUT2D eigenvalue weighted by Gasteiger charge is -2.37. The molecule has 0 saturated carbocycles. The number of carbonyl (C=O) groups is 1. The van der Waals surface area contributed by atoms with Crippen molar-refractivity contribution in [3.05, 3.63) is 0 Å². The summed E-state index contributed by atoms with van der Waals surface area (Å²) in [6.45, 7) is 6.12. The molecule has 2 fully saturated rings. The van der Waals surface area contributed by atoms with Gasteiger partial charge in [0.25, 0.3) is 0 Å². The van der Waals surface area contributed by atoms with E-state index in [4.69, 9.17) is 0 Å². The Kier molecular flexibility index (Phi) is 3.06. The van der Waals surface area contributed by atoms with Crippen molar-refractivity contribution < 1.29 is 4.79 Å². The summed E-state index contributed by atoms with van der Waals surface area (Å²) in [5.74, 6) is 0.244. The monoisotopic (exact) mass is 196 g/mol. The van der Waals surface area contributed by atoms with Crippen LogP contribution in [0.4, 0.5) is 0 Å². The number of piperidine rings is 1. The molecule has 0 aromatic carbocycles. The third-order valence-electron chi connectivity index (χ3n) is 3.50. The fourth-order valence-electron chi connectivity index (χ4n) is 2.65. The first-order chi connectivity index (χ1) is 6.77. The van der Waals surface area contributed by atoms with E-state index in [1.807, 2.05) is 4.90 Å². The Morgan fingerprint density at radius 1 is 1.14 bits per heavy atom. The summed E-state index contributed by atoms with van der Waals surface area (Å²) < 4.78 is 0. The standard InChI is InChI=1S/C11H20N2O/c1-10(14)13-8-4-5-11(9-13)12-6-2-3-7-12/h11H,2-9H2,1H3. The van der Waals surface area contributed by atoms with Gasteiger partial charge in [0.1, 0.15) is 0 Å². The largest absolute Gasteiger partial charge is 0.341 e. The number of hydrogen-bond acceptors (Lipinski definition) is 2. The van der Waals surface area contributed by atoms with E-state index in [1.165, 1.54) is 38.8 Å². The van der Waals surface area contributed by atoms with E-state index in [1.54, 1.807) is 6.92 Å². The van der Waals surface area contributed by atoms with Gasteiger partial charge in [-0.15, -0.1) is 0 Å². The van der Waals surface area contributed by atoms with Gasteiger partial charge in [0, 0.05) is 26.1 Å². The van der Waals surface area contributed by atoms with E-state index in [0.717, 1.165) is 13.1 Å². The normalized spacial score (nSPS) is 29.5. The van der Waals surface area contributed by atoms with Crippen LogP contribution in [-0.2, 0) is 4.79 Å². The van der Waals surface area contributed by atoms with Crippen LogP contribution in [0.1, 0.15) is 32.6 Å². The lowest BCUT2D eigenvalue weighted by molar-refractivity contribution is -0.130. The van der Waals surface area contributed by atoms with E-state index in [-0.39, 0.29) is 5.91 Å². The maximum Gasteiger partial charge on any atom is 0.219 e. The van der Waals surface area contributed by atoms with Gasteiger partial charge in [0.15, 0.2) is 0 Å². The van der Waals surface area contributed by atoms with Gasteiger partial charge in [-0.25, -0.2) is 0 Å². The summed E-state index contributed by atoms with van der Waals surface area (Å²) in [6.07, 6.45) is 5.15. The van der Waals surface area contributed by atoms with Crippen LogP contribution in [0, 0.1) is 0 Å². The van der Waals surface area contributed by atoms with Crippen molar-refractivity contribution in [2.45, 2.75) is 38.6 Å². The summed E-state index contributed by atoms with van der Waals surface area (Å²) in [5.41, 5.74) is 0. The smallest absolute Gasteiger partial charge is 0.219 e. The molecule has 14 heavy (non-hydrogen) atoms. The second-order valence-corrected chi connectivity index (χ2v) is 4.50. The summed E-state index contributed by atoms with van der Waals surface area (Å²) in [4.78, 5) is 15.8. The average Bonchev–Trinajstić information content (AvgIpc) is 2.71. The Morgan fingerprint density at radius 3 is 2.50 bits per heavy atom. The molecule has 2 heterocycles. The SMILES string of the molecule is CC(=O)N1CCCC(N2CCCC2)C1. The highest BCUT2D eigenvalue weighted by Crippen LogP contribution is 2.20. The molecule has 0 aromatic rings. The number of amides is 1. The van der Waals surface area contributed by atoms with E-state index in [2.05, 4.69) is 4.90 Å². The zero-order valence-electron chi connectivity index (χ0n) is 9.04. The Balaban J connectivity index is 1.89. The van der Waals surface area contributed by atoms with Crippen molar-refractivity contribution in [3.8, 4) is 0 Å². The molecule has 2 aliphatic rings. The number of likely N-dealkylation sites (tertiary alicyclic amines) is 2. The summed E-state index contributed by atoms with van der Waals surface area (Å²) in [6, 6.07) is 0.648. The minimum atomic E-state index is 0.244. The van der Waals surface area contributed by atoms with Crippen molar-refractivity contribution in [1.82, 2.24) is 9.80 Å². The highest BCUT2D eigenvalue weighted by atomic mass is 16.2. The van der Waals surface area contributed by atoms with Crippen LogP contribution in [0.25, 0.3) is 0 Å². The highest BCUT2D eigenvalue weighted by Gasteiger charge is 2.27. The Hall–Kier alpha value is -0.570. The third kappa shape index (κ3) is 2.08. The lowest BCUT2D eigenvalue weighted by Crippen LogP contribution is -2.48. The first-order valence-corrected chi connectivity index (χ1v) is 5.77. The number of carbonyl (C=O) groups excluding carboxylic acids is 1. The Bertz CT molecular complexity index is 211. The number of rotatable bonds is 1. The molecular formula is C11H20N2O. The van der Waals surface area contributed by atoms with Crippen molar-refractivity contribution >= 4 is 5.91 Å². The molecule has 1 atom stereocenters. The van der Waals surface area contributed by atoms with Crippen molar-refractivity contribution in [2.75, 3.05) is 26.2 Å². The van der Waals surface area contributed by atoms with Gasteiger partial charge >= 0.3 is 0 Å². The van der Waals surface area contributed by atoms with Crippen LogP contribution in [0.15, 0.2) is 0 Å². The van der Waals surface area contributed by atoms with Crippen LogP contribution < -0.4 is 0 Å². The molecule has 0 bridgehead atoms. The minimum Gasteiger partial charge on any atom is -0.341 e. The molecule has 0 aliphatic carbocycles. The van der Waals surface area contributed by atoms with Crippen molar-refractivity contribution in [2.24, 2.45) is 0 Å². The predicted octanol–water partition coefficient (Wildman–Crippen LogP) is 1.09. The molecule has 2 rings (SSSR count). The van der Waals surface area contributed by atoms with Crippen LogP contribution in [0.3, 0.4) is 0 Å². The highest BCUT2D eigenvalue weighted by molar-refractivity contribution is 5.73. The minimum absolute atomic E-state index is 0.244. The van der Waals surface area contributed by atoms with Gasteiger partial charge < -0.3 is 4.90 Å². The molecule has 0 aromatic heterocycles. The van der Waals surface area contributed by atoms with Gasteiger partial charge in [-0.1, -0.05) is 0 Å². The molecule has 0 N–H and O–H groups in total. The topological polar surface area (TPSA) is 23.6 Å². The van der Waals surface area contributed by atoms with E-state index >= 15 is 0 Å². The van der Waals surface area contributed by atoms with Crippen LogP contribution >= 0.6 is 0 Å². The zero-order valence-corrected chi connectivity index (χ0v) is 9.04. The second-order valence-electron chi connectivity index (χ2n) is 4.50. The summed E-state index contributed by atoms with van der Waals surface area (Å²) >= 11 is 0.